The Morgan fingerprint density at radius 3 is 2.79 bits per heavy atom. The van der Waals surface area contributed by atoms with Gasteiger partial charge in [-0.25, -0.2) is 9.97 Å². The lowest BCUT2D eigenvalue weighted by molar-refractivity contribution is -0.0279. The normalized spacial score (nSPS) is 20.3. The van der Waals surface area contributed by atoms with Crippen LogP contribution in [-0.4, -0.2) is 51.1 Å². The SMILES string of the molecule is CC1(C)CN(c2cc(-c3n[nH]c4ccc(OC5(C)CC5)cc34)ncn2)CCO1. The van der Waals surface area contributed by atoms with Gasteiger partial charge < -0.3 is 14.4 Å². The van der Waals surface area contributed by atoms with Crippen molar-refractivity contribution >= 4 is 16.7 Å². The molecule has 3 aromatic rings. The van der Waals surface area contributed by atoms with E-state index in [0.29, 0.717) is 6.61 Å². The number of fused-ring (bicyclic) bond motifs is 1. The van der Waals surface area contributed by atoms with Gasteiger partial charge in [-0.15, -0.1) is 0 Å². The van der Waals surface area contributed by atoms with Crippen LogP contribution in [0.1, 0.15) is 33.6 Å². The minimum absolute atomic E-state index is 0.0111. The number of H-pyrrole nitrogens is 1. The molecule has 7 heteroatoms. The number of nitrogens with one attached hydrogen (secondary N) is 1. The number of ether oxygens (including phenoxy) is 2. The van der Waals surface area contributed by atoms with Gasteiger partial charge in [0.2, 0.25) is 0 Å². The van der Waals surface area contributed by atoms with Crippen LogP contribution in [0.2, 0.25) is 0 Å². The van der Waals surface area contributed by atoms with E-state index < -0.39 is 0 Å². The standard InChI is InChI=1S/C21H25N5O2/c1-20(2)12-26(8-9-27-20)18-11-17(22-13-23-18)19-15-10-14(28-21(3)6-7-21)4-5-16(15)24-25-19/h4-5,10-11,13H,6-9,12H2,1-3H3,(H,24,25). The molecule has 28 heavy (non-hydrogen) atoms. The van der Waals surface area contributed by atoms with Gasteiger partial charge in [0, 0.05) is 24.5 Å². The van der Waals surface area contributed by atoms with E-state index in [1.807, 2.05) is 18.2 Å². The highest BCUT2D eigenvalue weighted by Crippen LogP contribution is 2.40. The zero-order valence-electron chi connectivity index (χ0n) is 16.5. The molecule has 5 rings (SSSR count). The molecule has 1 N–H and O–H groups in total. The second-order valence-corrected chi connectivity index (χ2v) is 8.62. The Labute approximate surface area is 164 Å². The molecule has 1 aliphatic carbocycles. The van der Waals surface area contributed by atoms with Crippen molar-refractivity contribution in [3.63, 3.8) is 0 Å². The molecule has 146 valence electrons. The fraction of sp³-hybridized carbons (Fsp3) is 0.476. The predicted octanol–water partition coefficient (Wildman–Crippen LogP) is 3.57. The molecule has 1 saturated carbocycles. The predicted molar refractivity (Wildman–Crippen MR) is 108 cm³/mol. The number of hydrogen-bond acceptors (Lipinski definition) is 6. The topological polar surface area (TPSA) is 76.2 Å². The van der Waals surface area contributed by atoms with Crippen LogP contribution in [0.4, 0.5) is 5.82 Å². The van der Waals surface area contributed by atoms with Crippen LogP contribution in [0.5, 0.6) is 5.75 Å². The molecule has 2 fully saturated rings. The quantitative estimate of drug-likeness (QED) is 0.747. The van der Waals surface area contributed by atoms with Crippen molar-refractivity contribution in [2.75, 3.05) is 24.6 Å². The number of nitrogens with zero attached hydrogens (tertiary/aromatic N) is 4. The van der Waals surface area contributed by atoms with E-state index in [1.165, 1.54) is 0 Å². The lowest BCUT2D eigenvalue weighted by atomic mass is 10.1. The molecule has 1 aliphatic heterocycles. The monoisotopic (exact) mass is 379 g/mol. The Kier molecular flexibility index (Phi) is 3.84. The van der Waals surface area contributed by atoms with E-state index in [-0.39, 0.29) is 11.2 Å². The maximum Gasteiger partial charge on any atom is 0.132 e. The highest BCUT2D eigenvalue weighted by Gasteiger charge is 2.40. The summed E-state index contributed by atoms with van der Waals surface area (Å²) in [6, 6.07) is 8.07. The Bertz CT molecular complexity index is 1020. The van der Waals surface area contributed by atoms with Crippen molar-refractivity contribution in [1.29, 1.82) is 0 Å². The van der Waals surface area contributed by atoms with E-state index in [2.05, 4.69) is 51.9 Å². The van der Waals surface area contributed by atoms with Crippen LogP contribution in [0.3, 0.4) is 0 Å². The summed E-state index contributed by atoms with van der Waals surface area (Å²) < 4.78 is 11.9. The second kappa shape index (κ2) is 6.17. The fourth-order valence-corrected chi connectivity index (χ4v) is 3.68. The Balaban J connectivity index is 1.49. The van der Waals surface area contributed by atoms with Gasteiger partial charge in [0.1, 0.15) is 29.2 Å². The van der Waals surface area contributed by atoms with Crippen LogP contribution in [0.15, 0.2) is 30.6 Å². The molecular formula is C21H25N5O2. The van der Waals surface area contributed by atoms with Crippen molar-refractivity contribution in [2.45, 2.75) is 44.8 Å². The average molecular weight is 379 g/mol. The lowest BCUT2D eigenvalue weighted by Crippen LogP contribution is -2.48. The van der Waals surface area contributed by atoms with E-state index in [0.717, 1.165) is 59.8 Å². The van der Waals surface area contributed by atoms with Crippen LogP contribution in [-0.2, 0) is 4.74 Å². The smallest absolute Gasteiger partial charge is 0.132 e. The molecule has 3 heterocycles. The number of aromatic amines is 1. The largest absolute Gasteiger partial charge is 0.488 e. The molecule has 7 nitrogen and oxygen atoms in total. The van der Waals surface area contributed by atoms with Crippen LogP contribution in [0.25, 0.3) is 22.3 Å². The van der Waals surface area contributed by atoms with Crippen molar-refractivity contribution in [3.05, 3.63) is 30.6 Å². The highest BCUT2D eigenvalue weighted by molar-refractivity contribution is 5.93. The molecule has 0 unspecified atom stereocenters. The average Bonchev–Trinajstić information content (AvgIpc) is 3.24. The van der Waals surface area contributed by atoms with Gasteiger partial charge in [0.15, 0.2) is 0 Å². The molecule has 2 aromatic heterocycles. The Hall–Kier alpha value is -2.67. The highest BCUT2D eigenvalue weighted by atomic mass is 16.5. The number of morpholine rings is 1. The van der Waals surface area contributed by atoms with Crippen molar-refractivity contribution in [3.8, 4) is 17.1 Å². The number of hydrogen-bond donors (Lipinski definition) is 1. The lowest BCUT2D eigenvalue weighted by Gasteiger charge is -2.38. The van der Waals surface area contributed by atoms with Gasteiger partial charge in [-0.1, -0.05) is 0 Å². The summed E-state index contributed by atoms with van der Waals surface area (Å²) in [5.74, 6) is 1.77. The molecule has 1 aromatic carbocycles. The molecular weight excluding hydrogens is 354 g/mol. The molecule has 0 atom stereocenters. The Morgan fingerprint density at radius 2 is 2.00 bits per heavy atom. The van der Waals surface area contributed by atoms with Crippen molar-refractivity contribution in [2.24, 2.45) is 0 Å². The van der Waals surface area contributed by atoms with Gasteiger partial charge in [-0.05, 0) is 51.8 Å². The molecule has 2 aliphatic rings. The number of aromatic nitrogens is 4. The van der Waals surface area contributed by atoms with Crippen molar-refractivity contribution < 1.29 is 9.47 Å². The first-order chi connectivity index (χ1) is 13.4. The number of rotatable bonds is 4. The maximum absolute atomic E-state index is 6.13. The minimum atomic E-state index is -0.187. The first-order valence-corrected chi connectivity index (χ1v) is 9.79. The van der Waals surface area contributed by atoms with Crippen molar-refractivity contribution in [1.82, 2.24) is 20.2 Å². The summed E-state index contributed by atoms with van der Waals surface area (Å²) in [5, 5.41) is 8.63. The number of benzene rings is 1. The molecule has 0 bridgehead atoms. The first kappa shape index (κ1) is 17.4. The van der Waals surface area contributed by atoms with E-state index in [1.54, 1.807) is 6.33 Å². The summed E-state index contributed by atoms with van der Waals surface area (Å²) in [7, 11) is 0. The summed E-state index contributed by atoms with van der Waals surface area (Å²) in [6.45, 7) is 8.65. The minimum Gasteiger partial charge on any atom is -0.488 e. The summed E-state index contributed by atoms with van der Waals surface area (Å²) in [6.07, 6.45) is 3.82. The van der Waals surface area contributed by atoms with Gasteiger partial charge in [0.05, 0.1) is 23.4 Å². The summed E-state index contributed by atoms with van der Waals surface area (Å²) in [4.78, 5) is 11.2. The third-order valence-corrected chi connectivity index (χ3v) is 5.50. The number of anilines is 1. The van der Waals surface area contributed by atoms with Gasteiger partial charge >= 0.3 is 0 Å². The fourth-order valence-electron chi connectivity index (χ4n) is 3.68. The molecule has 0 amide bonds. The summed E-state index contributed by atoms with van der Waals surface area (Å²) in [5.41, 5.74) is 2.39. The van der Waals surface area contributed by atoms with Gasteiger partial charge in [0.25, 0.3) is 0 Å². The maximum atomic E-state index is 6.13. The third-order valence-electron chi connectivity index (χ3n) is 5.50. The molecule has 0 spiro atoms. The van der Waals surface area contributed by atoms with Crippen LogP contribution < -0.4 is 9.64 Å². The first-order valence-electron chi connectivity index (χ1n) is 9.79. The van der Waals surface area contributed by atoms with Crippen LogP contribution in [0, 0.1) is 0 Å². The van der Waals surface area contributed by atoms with E-state index in [9.17, 15) is 0 Å². The molecule has 1 saturated heterocycles. The zero-order chi connectivity index (χ0) is 19.4. The van der Waals surface area contributed by atoms with Crippen LogP contribution >= 0.6 is 0 Å². The van der Waals surface area contributed by atoms with Gasteiger partial charge in [-0.3, -0.25) is 5.10 Å². The molecule has 0 radical (unpaired) electrons. The zero-order valence-corrected chi connectivity index (χ0v) is 16.5. The van der Waals surface area contributed by atoms with E-state index in [4.69, 9.17) is 9.47 Å². The van der Waals surface area contributed by atoms with E-state index >= 15 is 0 Å². The van der Waals surface area contributed by atoms with Gasteiger partial charge in [-0.2, -0.15) is 5.10 Å². The Morgan fingerprint density at radius 1 is 1.14 bits per heavy atom. The third kappa shape index (κ3) is 3.30. The second-order valence-electron chi connectivity index (χ2n) is 8.62. The summed E-state index contributed by atoms with van der Waals surface area (Å²) >= 11 is 0.